The number of carbonyl (C=O) groups excluding carboxylic acids is 3. The Hall–Kier alpha value is -2.63. The summed E-state index contributed by atoms with van der Waals surface area (Å²) in [5.41, 5.74) is 0. The van der Waals surface area contributed by atoms with Crippen LogP contribution in [0.5, 0.6) is 0 Å². The number of rotatable bonds is 57. The fourth-order valence-electron chi connectivity index (χ4n) is 9.05. The van der Waals surface area contributed by atoms with E-state index in [1.165, 1.54) is 212 Å². The zero-order valence-corrected chi connectivity index (χ0v) is 47.5. The monoisotopic (exact) mass is 995 g/mol. The highest BCUT2D eigenvalue weighted by atomic mass is 16.6. The summed E-state index contributed by atoms with van der Waals surface area (Å²) in [5.74, 6) is -0.880. The molecule has 0 saturated heterocycles. The Morgan fingerprint density at radius 1 is 0.282 bits per heavy atom. The number of carbonyl (C=O) groups is 3. The first-order chi connectivity index (χ1) is 35.0. The van der Waals surface area contributed by atoms with Gasteiger partial charge in [-0.1, -0.05) is 256 Å². The van der Waals surface area contributed by atoms with Gasteiger partial charge in [0.2, 0.25) is 0 Å². The van der Waals surface area contributed by atoms with Gasteiger partial charge in [0.25, 0.3) is 0 Å². The average Bonchev–Trinajstić information content (AvgIpc) is 3.37. The molecule has 1 atom stereocenters. The van der Waals surface area contributed by atoms with E-state index in [0.29, 0.717) is 19.3 Å². The molecule has 0 aliphatic rings. The maximum absolute atomic E-state index is 12.9. The Kier molecular flexibility index (Phi) is 57.7. The smallest absolute Gasteiger partial charge is 0.306 e. The molecule has 71 heavy (non-hydrogen) atoms. The van der Waals surface area contributed by atoms with E-state index in [2.05, 4.69) is 69.4 Å². The van der Waals surface area contributed by atoms with Crippen molar-refractivity contribution in [2.24, 2.45) is 0 Å². The average molecular weight is 996 g/mol. The first-order valence-electron chi connectivity index (χ1n) is 31.1. The lowest BCUT2D eigenvalue weighted by Gasteiger charge is -2.18. The highest BCUT2D eigenvalue weighted by Gasteiger charge is 2.19. The van der Waals surface area contributed by atoms with E-state index in [9.17, 15) is 14.4 Å². The molecule has 0 unspecified atom stereocenters. The molecule has 0 aliphatic heterocycles. The van der Waals surface area contributed by atoms with Crippen LogP contribution in [0.1, 0.15) is 329 Å². The number of hydrogen-bond donors (Lipinski definition) is 0. The van der Waals surface area contributed by atoms with Crippen LogP contribution in [0.2, 0.25) is 0 Å². The van der Waals surface area contributed by atoms with Crippen LogP contribution in [0.25, 0.3) is 0 Å². The number of allylic oxidation sites excluding steroid dienone is 8. The van der Waals surface area contributed by atoms with Gasteiger partial charge in [-0.25, -0.2) is 0 Å². The van der Waals surface area contributed by atoms with E-state index in [1.807, 2.05) is 0 Å². The van der Waals surface area contributed by atoms with E-state index in [4.69, 9.17) is 14.2 Å². The lowest BCUT2D eigenvalue weighted by Crippen LogP contribution is -2.30. The minimum atomic E-state index is -0.781. The first kappa shape index (κ1) is 68.4. The summed E-state index contributed by atoms with van der Waals surface area (Å²) in [4.78, 5) is 38.3. The highest BCUT2D eigenvalue weighted by molar-refractivity contribution is 5.71. The van der Waals surface area contributed by atoms with Gasteiger partial charge in [0.1, 0.15) is 13.2 Å². The molecule has 0 aliphatic carbocycles. The Morgan fingerprint density at radius 2 is 0.507 bits per heavy atom. The minimum absolute atomic E-state index is 0.0776. The molecule has 0 rings (SSSR count). The Bertz CT molecular complexity index is 1230. The summed E-state index contributed by atoms with van der Waals surface area (Å²) in [6, 6.07) is 0. The fraction of sp³-hybridized carbons (Fsp3) is 0.831. The fourth-order valence-corrected chi connectivity index (χ4v) is 9.05. The van der Waals surface area contributed by atoms with Crippen molar-refractivity contribution in [3.8, 4) is 0 Å². The van der Waals surface area contributed by atoms with Crippen LogP contribution in [0.3, 0.4) is 0 Å². The van der Waals surface area contributed by atoms with Gasteiger partial charge in [0.15, 0.2) is 6.10 Å². The molecule has 0 aromatic heterocycles. The summed E-state index contributed by atoms with van der Waals surface area (Å²) < 4.78 is 16.9. The summed E-state index contributed by atoms with van der Waals surface area (Å²) >= 11 is 0. The van der Waals surface area contributed by atoms with Crippen LogP contribution in [-0.2, 0) is 28.6 Å². The Balaban J connectivity index is 4.34. The molecular weight excluding hydrogens is 877 g/mol. The van der Waals surface area contributed by atoms with E-state index >= 15 is 0 Å². The van der Waals surface area contributed by atoms with E-state index in [1.54, 1.807) is 0 Å². The molecule has 0 spiro atoms. The van der Waals surface area contributed by atoms with Crippen molar-refractivity contribution < 1.29 is 28.6 Å². The van der Waals surface area contributed by atoms with Crippen LogP contribution >= 0.6 is 0 Å². The molecule has 0 aromatic rings. The summed E-state index contributed by atoms with van der Waals surface area (Å²) in [7, 11) is 0. The van der Waals surface area contributed by atoms with Crippen LogP contribution < -0.4 is 0 Å². The number of esters is 3. The topological polar surface area (TPSA) is 78.9 Å². The van der Waals surface area contributed by atoms with Gasteiger partial charge in [-0.15, -0.1) is 0 Å². The largest absolute Gasteiger partial charge is 0.462 e. The second kappa shape index (κ2) is 59.9. The SMILES string of the molecule is CCCCC/C=C\C/C=C\CCCCCCCC(=O)OC[C@H](COC(=O)CCCCCCCCCCCCC/C=C\CCCCCCCC)OC(=O)CCCCCCCCC/C=C\CCCCCCCC. The molecule has 0 aromatic carbocycles. The second-order valence-electron chi connectivity index (χ2n) is 21.0. The zero-order valence-electron chi connectivity index (χ0n) is 47.5. The van der Waals surface area contributed by atoms with Gasteiger partial charge in [-0.05, 0) is 103 Å². The maximum Gasteiger partial charge on any atom is 0.306 e. The zero-order chi connectivity index (χ0) is 51.4. The van der Waals surface area contributed by atoms with Gasteiger partial charge in [0.05, 0.1) is 0 Å². The Morgan fingerprint density at radius 3 is 0.817 bits per heavy atom. The molecule has 0 amide bonds. The predicted octanol–water partition coefficient (Wildman–Crippen LogP) is 21.0. The first-order valence-corrected chi connectivity index (χ1v) is 31.1. The minimum Gasteiger partial charge on any atom is -0.462 e. The summed E-state index contributed by atoms with van der Waals surface area (Å²) in [5, 5.41) is 0. The third-order valence-electron chi connectivity index (χ3n) is 13.8. The van der Waals surface area contributed by atoms with E-state index in [-0.39, 0.29) is 31.1 Å². The molecule has 0 saturated carbocycles. The molecule has 0 radical (unpaired) electrons. The molecule has 414 valence electrons. The van der Waals surface area contributed by atoms with Crippen LogP contribution in [-0.4, -0.2) is 37.2 Å². The molecule has 6 heteroatoms. The van der Waals surface area contributed by atoms with Crippen molar-refractivity contribution in [3.63, 3.8) is 0 Å². The van der Waals surface area contributed by atoms with Crippen molar-refractivity contribution in [3.05, 3.63) is 48.6 Å². The molecule has 0 heterocycles. The van der Waals surface area contributed by atoms with Crippen molar-refractivity contribution in [1.82, 2.24) is 0 Å². The summed E-state index contributed by atoms with van der Waals surface area (Å²) in [6.45, 7) is 6.63. The maximum atomic E-state index is 12.9. The van der Waals surface area contributed by atoms with Gasteiger partial charge in [0, 0.05) is 19.3 Å². The van der Waals surface area contributed by atoms with Crippen molar-refractivity contribution >= 4 is 17.9 Å². The summed E-state index contributed by atoms with van der Waals surface area (Å²) in [6.07, 6.45) is 73.9. The van der Waals surface area contributed by atoms with Crippen molar-refractivity contribution in [1.29, 1.82) is 0 Å². The second-order valence-corrected chi connectivity index (χ2v) is 21.0. The molecule has 6 nitrogen and oxygen atoms in total. The molecule has 0 bridgehead atoms. The third kappa shape index (κ3) is 58.1. The lowest BCUT2D eigenvalue weighted by atomic mass is 10.0. The number of hydrogen-bond acceptors (Lipinski definition) is 6. The standard InChI is InChI=1S/C65H118O6/c1-4-7-10-13-16-19-22-25-28-30-31-32-33-35-37-40-43-46-49-52-55-58-64(67)70-61-62(60-69-63(66)57-54-51-48-45-42-39-36-27-24-21-18-15-12-9-6-3)71-65(68)59-56-53-50-47-44-41-38-34-29-26-23-20-17-14-11-8-5-2/h18,21,25-29,36,62H,4-17,19-20,22-24,30-35,37-61H2,1-3H3/b21-18-,28-25-,29-26-,36-27-/t62-/m1/s1. The van der Waals surface area contributed by atoms with Crippen LogP contribution in [0.4, 0.5) is 0 Å². The molecule has 0 fully saturated rings. The van der Waals surface area contributed by atoms with Gasteiger partial charge in [-0.3, -0.25) is 14.4 Å². The normalized spacial score (nSPS) is 12.3. The van der Waals surface area contributed by atoms with E-state index in [0.717, 1.165) is 77.0 Å². The number of unbranched alkanes of at least 4 members (excludes halogenated alkanes) is 38. The lowest BCUT2D eigenvalue weighted by molar-refractivity contribution is -0.167. The van der Waals surface area contributed by atoms with Gasteiger partial charge < -0.3 is 14.2 Å². The van der Waals surface area contributed by atoms with Crippen molar-refractivity contribution in [2.75, 3.05) is 13.2 Å². The van der Waals surface area contributed by atoms with Crippen LogP contribution in [0.15, 0.2) is 48.6 Å². The quantitative estimate of drug-likeness (QED) is 0.0261. The van der Waals surface area contributed by atoms with Crippen molar-refractivity contribution in [2.45, 2.75) is 335 Å². The number of ether oxygens (including phenoxy) is 3. The molecular formula is C65H118O6. The molecule has 0 N–H and O–H groups in total. The highest BCUT2D eigenvalue weighted by Crippen LogP contribution is 2.16. The Labute approximate surface area is 441 Å². The van der Waals surface area contributed by atoms with Crippen LogP contribution in [0, 0.1) is 0 Å². The van der Waals surface area contributed by atoms with Gasteiger partial charge >= 0.3 is 17.9 Å². The predicted molar refractivity (Wildman–Crippen MR) is 307 cm³/mol. The third-order valence-corrected chi connectivity index (χ3v) is 13.8. The van der Waals surface area contributed by atoms with E-state index < -0.39 is 6.10 Å². The van der Waals surface area contributed by atoms with Gasteiger partial charge in [-0.2, -0.15) is 0 Å².